The van der Waals surface area contributed by atoms with Gasteiger partial charge in [0, 0.05) is 13.1 Å². The van der Waals surface area contributed by atoms with E-state index < -0.39 is 18.1 Å². The second kappa shape index (κ2) is 11.0. The van der Waals surface area contributed by atoms with Gasteiger partial charge < -0.3 is 26.4 Å². The molecule has 1 aromatic carbocycles. The molecule has 0 radical (unpaired) electrons. The Labute approximate surface area is 177 Å². The maximum Gasteiger partial charge on any atom is 0.246 e. The van der Waals surface area contributed by atoms with E-state index >= 15 is 0 Å². The third-order valence-electron chi connectivity index (χ3n) is 4.89. The van der Waals surface area contributed by atoms with Gasteiger partial charge in [-0.2, -0.15) is 0 Å². The topological polar surface area (TPSA) is 125 Å². The van der Waals surface area contributed by atoms with Crippen molar-refractivity contribution in [3.63, 3.8) is 0 Å². The fourth-order valence-corrected chi connectivity index (χ4v) is 3.20. The number of nitrogens with two attached hydrogens (primary N) is 1. The zero-order chi connectivity index (χ0) is 20.8. The number of benzene rings is 1. The maximum absolute atomic E-state index is 13.0. The van der Waals surface area contributed by atoms with E-state index in [9.17, 15) is 19.5 Å². The number of nitrogens with one attached hydrogen (secondary N) is 2. The molecule has 29 heavy (non-hydrogen) atoms. The molecule has 0 aromatic heterocycles. The molecule has 8 nitrogen and oxygen atoms in total. The highest BCUT2D eigenvalue weighted by Crippen LogP contribution is 2.21. The van der Waals surface area contributed by atoms with Gasteiger partial charge in [-0.25, -0.2) is 0 Å². The second-order valence-corrected chi connectivity index (χ2v) is 7.59. The van der Waals surface area contributed by atoms with Crippen LogP contribution >= 0.6 is 12.4 Å². The van der Waals surface area contributed by atoms with E-state index in [1.165, 1.54) is 0 Å². The third kappa shape index (κ3) is 6.61. The van der Waals surface area contributed by atoms with Gasteiger partial charge in [-0.05, 0) is 43.4 Å². The van der Waals surface area contributed by atoms with Crippen LogP contribution in [0.25, 0.3) is 0 Å². The van der Waals surface area contributed by atoms with E-state index in [0.29, 0.717) is 19.5 Å². The number of phenols is 1. The molecule has 1 aromatic rings. The number of likely N-dealkylation sites (tertiary alicyclic amines) is 1. The predicted octanol–water partition coefficient (Wildman–Crippen LogP) is 0.909. The van der Waals surface area contributed by atoms with Crippen molar-refractivity contribution >= 4 is 30.1 Å². The summed E-state index contributed by atoms with van der Waals surface area (Å²) < 4.78 is 0. The Morgan fingerprint density at radius 1 is 1.21 bits per heavy atom. The van der Waals surface area contributed by atoms with E-state index in [4.69, 9.17) is 5.73 Å². The van der Waals surface area contributed by atoms with Gasteiger partial charge in [-0.1, -0.05) is 26.0 Å². The van der Waals surface area contributed by atoms with Crippen molar-refractivity contribution in [1.82, 2.24) is 15.5 Å². The van der Waals surface area contributed by atoms with Gasteiger partial charge in [0.05, 0.1) is 6.04 Å². The molecule has 0 spiro atoms. The van der Waals surface area contributed by atoms with Gasteiger partial charge >= 0.3 is 0 Å². The number of halogens is 1. The number of hydrogen-bond acceptors (Lipinski definition) is 5. The van der Waals surface area contributed by atoms with Crippen LogP contribution in [0.15, 0.2) is 24.3 Å². The summed E-state index contributed by atoms with van der Waals surface area (Å²) in [6.07, 6.45) is 1.31. The van der Waals surface area contributed by atoms with E-state index in [1.807, 2.05) is 13.8 Å². The van der Waals surface area contributed by atoms with Crippen LogP contribution in [0.3, 0.4) is 0 Å². The molecule has 5 N–H and O–H groups in total. The Morgan fingerprint density at radius 2 is 1.83 bits per heavy atom. The Morgan fingerprint density at radius 3 is 2.38 bits per heavy atom. The van der Waals surface area contributed by atoms with Crippen LogP contribution in [0, 0.1) is 5.92 Å². The zero-order valence-electron chi connectivity index (χ0n) is 17.1. The van der Waals surface area contributed by atoms with Gasteiger partial charge in [0.25, 0.3) is 0 Å². The Balaban J connectivity index is 0.00000420. The van der Waals surface area contributed by atoms with Crippen molar-refractivity contribution in [2.75, 3.05) is 6.54 Å². The smallest absolute Gasteiger partial charge is 0.246 e. The first kappa shape index (κ1) is 24.7. The second-order valence-electron chi connectivity index (χ2n) is 7.59. The lowest BCUT2D eigenvalue weighted by atomic mass is 10.0. The van der Waals surface area contributed by atoms with Crippen LogP contribution in [-0.4, -0.2) is 52.4 Å². The molecule has 1 aliphatic rings. The maximum atomic E-state index is 13.0. The SMILES string of the molecule is CC(C)[C@H](NC(=O)[C@H](C)N)C(=O)N1CCC[C@H]1C(=O)NCc1ccc(O)cc1.Cl. The number of rotatable bonds is 7. The molecule has 0 unspecified atom stereocenters. The molecule has 3 atom stereocenters. The number of hydrogen-bond donors (Lipinski definition) is 4. The van der Waals surface area contributed by atoms with Crippen LogP contribution < -0.4 is 16.4 Å². The molecule has 1 aliphatic heterocycles. The van der Waals surface area contributed by atoms with Gasteiger partial charge in [-0.3, -0.25) is 14.4 Å². The number of carbonyl (C=O) groups is 3. The standard InChI is InChI=1S/C20H30N4O4.ClH/c1-12(2)17(23-18(26)13(3)21)20(28)24-10-4-5-16(24)19(27)22-11-14-6-8-15(25)9-7-14;/h6-9,12-13,16-17,25H,4-5,10-11,21H2,1-3H3,(H,22,27)(H,23,26);1H/t13-,16-,17-;/m0./s1. The highest BCUT2D eigenvalue weighted by atomic mass is 35.5. The third-order valence-corrected chi connectivity index (χ3v) is 4.89. The first-order valence-electron chi connectivity index (χ1n) is 9.62. The summed E-state index contributed by atoms with van der Waals surface area (Å²) in [5.41, 5.74) is 6.45. The first-order chi connectivity index (χ1) is 13.2. The number of amides is 3. The lowest BCUT2D eigenvalue weighted by molar-refractivity contribution is -0.142. The fourth-order valence-electron chi connectivity index (χ4n) is 3.20. The molecule has 162 valence electrons. The monoisotopic (exact) mass is 426 g/mol. The Kier molecular flexibility index (Phi) is 9.39. The summed E-state index contributed by atoms with van der Waals surface area (Å²) in [5, 5.41) is 14.9. The van der Waals surface area contributed by atoms with E-state index in [-0.39, 0.29) is 41.8 Å². The molecule has 9 heteroatoms. The molecule has 1 fully saturated rings. The summed E-state index contributed by atoms with van der Waals surface area (Å²) in [6, 6.07) is 4.58. The zero-order valence-corrected chi connectivity index (χ0v) is 17.9. The largest absolute Gasteiger partial charge is 0.508 e. The Hall–Kier alpha value is -2.32. The van der Waals surface area contributed by atoms with Gasteiger partial charge in [0.2, 0.25) is 17.7 Å². The number of aromatic hydroxyl groups is 1. The van der Waals surface area contributed by atoms with Crippen LogP contribution in [-0.2, 0) is 20.9 Å². The average molecular weight is 427 g/mol. The average Bonchev–Trinajstić information content (AvgIpc) is 3.14. The highest BCUT2D eigenvalue weighted by molar-refractivity contribution is 5.93. The number of carbonyl (C=O) groups excluding carboxylic acids is 3. The molecule has 1 saturated heterocycles. The quantitative estimate of drug-likeness (QED) is 0.515. The number of nitrogens with zero attached hydrogens (tertiary/aromatic N) is 1. The van der Waals surface area contributed by atoms with Crippen LogP contribution in [0.2, 0.25) is 0 Å². The first-order valence-corrected chi connectivity index (χ1v) is 9.62. The predicted molar refractivity (Wildman–Crippen MR) is 112 cm³/mol. The lowest BCUT2D eigenvalue weighted by Crippen LogP contribution is -2.56. The highest BCUT2D eigenvalue weighted by Gasteiger charge is 2.38. The van der Waals surface area contributed by atoms with Crippen molar-refractivity contribution in [3.8, 4) is 5.75 Å². The minimum Gasteiger partial charge on any atom is -0.508 e. The number of phenolic OH excluding ortho intramolecular Hbond substituents is 1. The van der Waals surface area contributed by atoms with Crippen molar-refractivity contribution in [2.45, 2.75) is 58.3 Å². The fraction of sp³-hybridized carbons (Fsp3) is 0.550. The summed E-state index contributed by atoms with van der Waals surface area (Å²) in [5.74, 6) is -0.835. The summed E-state index contributed by atoms with van der Waals surface area (Å²) in [7, 11) is 0. The summed E-state index contributed by atoms with van der Waals surface area (Å²) >= 11 is 0. The van der Waals surface area contributed by atoms with Crippen LogP contribution in [0.4, 0.5) is 0 Å². The minimum absolute atomic E-state index is 0. The normalized spacial score (nSPS) is 18.0. The molecule has 3 amide bonds. The van der Waals surface area contributed by atoms with Crippen LogP contribution in [0.1, 0.15) is 39.2 Å². The summed E-state index contributed by atoms with van der Waals surface area (Å²) in [4.78, 5) is 39.2. The molecule has 1 heterocycles. The lowest BCUT2D eigenvalue weighted by Gasteiger charge is -2.30. The Bertz CT molecular complexity index is 709. The van der Waals surface area contributed by atoms with Gasteiger partial charge in [-0.15, -0.1) is 12.4 Å². The van der Waals surface area contributed by atoms with E-state index in [2.05, 4.69) is 10.6 Å². The van der Waals surface area contributed by atoms with Gasteiger partial charge in [0.1, 0.15) is 17.8 Å². The minimum atomic E-state index is -0.719. The van der Waals surface area contributed by atoms with Gasteiger partial charge in [0.15, 0.2) is 0 Å². The molecular weight excluding hydrogens is 396 g/mol. The van der Waals surface area contributed by atoms with Crippen molar-refractivity contribution in [3.05, 3.63) is 29.8 Å². The van der Waals surface area contributed by atoms with Crippen LogP contribution in [0.5, 0.6) is 5.75 Å². The van der Waals surface area contributed by atoms with Crippen molar-refractivity contribution in [1.29, 1.82) is 0 Å². The van der Waals surface area contributed by atoms with E-state index in [1.54, 1.807) is 36.1 Å². The molecular formula is C20H31ClN4O4. The molecule has 0 bridgehead atoms. The van der Waals surface area contributed by atoms with Crippen molar-refractivity contribution < 1.29 is 19.5 Å². The molecule has 2 rings (SSSR count). The molecule has 0 saturated carbocycles. The summed E-state index contributed by atoms with van der Waals surface area (Å²) in [6.45, 7) is 6.05. The van der Waals surface area contributed by atoms with E-state index in [0.717, 1.165) is 12.0 Å². The van der Waals surface area contributed by atoms with Crippen molar-refractivity contribution in [2.24, 2.45) is 11.7 Å². The molecule has 0 aliphatic carbocycles.